The molecule has 9 nitrogen and oxygen atoms in total. The normalized spacial score (nSPS) is 35.9. The van der Waals surface area contributed by atoms with Gasteiger partial charge in [0.25, 0.3) is 0 Å². The summed E-state index contributed by atoms with van der Waals surface area (Å²) in [4.78, 5) is 0. The van der Waals surface area contributed by atoms with Crippen LogP contribution in [0.15, 0.2) is 0 Å². The first-order valence-corrected chi connectivity index (χ1v) is 13.6. The van der Waals surface area contributed by atoms with E-state index in [9.17, 15) is 32.6 Å². The molecule has 1 unspecified atom stereocenters. The third kappa shape index (κ3) is 5.64. The molecular formula is C10H21AsO9S. The minimum absolute atomic E-state index is 0.0345. The number of hydrogen-bond acceptors (Lipinski definition) is 8. The van der Waals surface area contributed by atoms with Crippen LogP contribution in [0.4, 0.5) is 0 Å². The molecule has 5 N–H and O–H groups in total. The quantitative estimate of drug-likeness (QED) is 0.256. The molecule has 1 aliphatic rings. The third-order valence-electron chi connectivity index (χ3n) is 3.07. The van der Waals surface area contributed by atoms with Gasteiger partial charge in [0, 0.05) is 0 Å². The Kier molecular flexibility index (Phi) is 5.72. The molecular weight excluding hydrogens is 371 g/mol. The average molecular weight is 392 g/mol. The van der Waals surface area contributed by atoms with E-state index >= 15 is 0 Å². The molecule has 0 aliphatic carbocycles. The van der Waals surface area contributed by atoms with E-state index in [1.54, 1.807) is 0 Å². The molecule has 1 aliphatic heterocycles. The summed E-state index contributed by atoms with van der Waals surface area (Å²) in [5, 5.41) is 39.2. The van der Waals surface area contributed by atoms with Crippen molar-refractivity contribution in [1.29, 1.82) is 0 Å². The summed E-state index contributed by atoms with van der Waals surface area (Å²) in [6.45, 7) is 0. The second-order valence-corrected chi connectivity index (χ2v) is 14.7. The van der Waals surface area contributed by atoms with Gasteiger partial charge < -0.3 is 0 Å². The van der Waals surface area contributed by atoms with E-state index in [1.807, 2.05) is 0 Å². The predicted molar refractivity (Wildman–Crippen MR) is 71.9 cm³/mol. The van der Waals surface area contributed by atoms with Crippen LogP contribution in [0, 0.1) is 0 Å². The first-order chi connectivity index (χ1) is 9.23. The van der Waals surface area contributed by atoms with Crippen molar-refractivity contribution in [3.05, 3.63) is 0 Å². The van der Waals surface area contributed by atoms with Crippen molar-refractivity contribution in [3.63, 3.8) is 0 Å². The molecule has 126 valence electrons. The Morgan fingerprint density at radius 2 is 1.86 bits per heavy atom. The monoisotopic (exact) mass is 392 g/mol. The second kappa shape index (κ2) is 6.29. The fourth-order valence-electron chi connectivity index (χ4n) is 2.26. The van der Waals surface area contributed by atoms with Crippen molar-refractivity contribution >= 4 is 23.6 Å². The van der Waals surface area contributed by atoms with E-state index in [0.29, 0.717) is 0 Å². The molecule has 1 heterocycles. The summed E-state index contributed by atoms with van der Waals surface area (Å²) in [7, 11) is -4.47. The van der Waals surface area contributed by atoms with Crippen LogP contribution in [-0.2, 0) is 18.6 Å². The first kappa shape index (κ1) is 19.1. The van der Waals surface area contributed by atoms with E-state index < -0.39 is 66.0 Å². The maximum absolute atomic E-state index is 11.8. The SMILES string of the molecule is C[As](C)(=O)C[C@H]1O[C@](O)(CC(O)CS(=O)(=O)O)[C@H](O)[C@@H]1O. The summed E-state index contributed by atoms with van der Waals surface area (Å²) in [6.07, 6.45) is -6.82. The molecule has 11 heteroatoms. The summed E-state index contributed by atoms with van der Waals surface area (Å²) < 4.78 is 46.8. The standard InChI is InChI=1S/C10H21AsO9S/c1-11(2,16)4-7-8(13)9(14)10(15,20-7)3-6(12)5-21(17,18)19/h6-9,12-15H,3-5H2,1-2H3,(H,17,18,19)/t6?,7-,8-,9-,10-/m1/s1. The molecule has 1 saturated heterocycles. The number of hydrogen-bond donors (Lipinski definition) is 5. The summed E-state index contributed by atoms with van der Waals surface area (Å²) in [6, 6.07) is 0. The fourth-order valence-corrected chi connectivity index (χ4v) is 5.29. The molecule has 5 atom stereocenters. The van der Waals surface area contributed by atoms with Crippen molar-refractivity contribution < 1.29 is 41.9 Å². The summed E-state index contributed by atoms with van der Waals surface area (Å²) >= 11 is -3.22. The summed E-state index contributed by atoms with van der Waals surface area (Å²) in [5.74, 6) is -3.42. The van der Waals surface area contributed by atoms with Gasteiger partial charge in [0.2, 0.25) is 0 Å². The van der Waals surface area contributed by atoms with Gasteiger partial charge in [0.15, 0.2) is 0 Å². The van der Waals surface area contributed by atoms with Gasteiger partial charge in [0.05, 0.1) is 0 Å². The van der Waals surface area contributed by atoms with Crippen LogP contribution in [0.3, 0.4) is 0 Å². The maximum atomic E-state index is 11.8. The van der Waals surface area contributed by atoms with Crippen molar-refractivity contribution in [3.8, 4) is 0 Å². The zero-order chi connectivity index (χ0) is 16.6. The van der Waals surface area contributed by atoms with Gasteiger partial charge in [-0.05, 0) is 0 Å². The Balaban J connectivity index is 2.80. The molecule has 21 heavy (non-hydrogen) atoms. The van der Waals surface area contributed by atoms with Crippen molar-refractivity contribution in [1.82, 2.24) is 0 Å². The molecule has 1 fully saturated rings. The molecule has 0 saturated carbocycles. The zero-order valence-corrected chi connectivity index (χ0v) is 14.3. The van der Waals surface area contributed by atoms with E-state index in [-0.39, 0.29) is 5.21 Å². The van der Waals surface area contributed by atoms with Gasteiger partial charge in [-0.25, -0.2) is 0 Å². The zero-order valence-electron chi connectivity index (χ0n) is 11.7. The van der Waals surface area contributed by atoms with Gasteiger partial charge in [-0.2, -0.15) is 0 Å². The number of rotatable bonds is 6. The first-order valence-electron chi connectivity index (χ1n) is 6.17. The van der Waals surface area contributed by atoms with Crippen LogP contribution in [0.1, 0.15) is 6.42 Å². The Morgan fingerprint density at radius 3 is 2.29 bits per heavy atom. The van der Waals surface area contributed by atoms with Gasteiger partial charge >= 0.3 is 124 Å². The Hall–Kier alpha value is 0.0684. The number of aliphatic hydroxyl groups is 4. The van der Waals surface area contributed by atoms with Crippen LogP contribution in [-0.4, -0.2) is 82.8 Å². The van der Waals surface area contributed by atoms with Gasteiger partial charge in [-0.1, -0.05) is 0 Å². The molecule has 0 radical (unpaired) electrons. The van der Waals surface area contributed by atoms with Gasteiger partial charge in [0.1, 0.15) is 0 Å². The number of ether oxygens (including phenoxy) is 1. The van der Waals surface area contributed by atoms with Gasteiger partial charge in [-0.3, -0.25) is 0 Å². The molecule has 0 aromatic carbocycles. The molecule has 0 aromatic rings. The van der Waals surface area contributed by atoms with Crippen molar-refractivity contribution in [2.45, 2.75) is 53.3 Å². The van der Waals surface area contributed by atoms with E-state index in [1.165, 1.54) is 11.4 Å². The molecule has 0 amide bonds. The fraction of sp³-hybridized carbons (Fsp3) is 1.00. The van der Waals surface area contributed by atoms with Gasteiger partial charge in [-0.15, -0.1) is 0 Å². The molecule has 1 rings (SSSR count). The minimum atomic E-state index is -4.47. The van der Waals surface area contributed by atoms with Crippen LogP contribution >= 0.6 is 0 Å². The average Bonchev–Trinajstić information content (AvgIpc) is 2.37. The third-order valence-corrected chi connectivity index (χ3v) is 6.48. The van der Waals surface area contributed by atoms with E-state index in [4.69, 9.17) is 9.29 Å². The van der Waals surface area contributed by atoms with Crippen molar-refractivity contribution in [2.75, 3.05) is 5.75 Å². The van der Waals surface area contributed by atoms with E-state index in [2.05, 4.69) is 0 Å². The Morgan fingerprint density at radius 1 is 1.33 bits per heavy atom. The molecule has 0 spiro atoms. The Labute approximate surface area is 125 Å². The van der Waals surface area contributed by atoms with Crippen LogP contribution in [0.5, 0.6) is 0 Å². The number of aliphatic hydroxyl groups excluding tert-OH is 3. The predicted octanol–water partition coefficient (Wildman–Crippen LogP) is -1.93. The Bertz CT molecular complexity index is 515. The van der Waals surface area contributed by atoms with Crippen LogP contribution < -0.4 is 0 Å². The molecule has 0 aromatic heterocycles. The molecule has 0 bridgehead atoms. The van der Waals surface area contributed by atoms with Crippen LogP contribution in [0.2, 0.25) is 16.6 Å². The summed E-state index contributed by atoms with van der Waals surface area (Å²) in [5.41, 5.74) is 3.01. The van der Waals surface area contributed by atoms with Crippen LogP contribution in [0.25, 0.3) is 0 Å². The van der Waals surface area contributed by atoms with Crippen molar-refractivity contribution in [2.24, 2.45) is 0 Å². The second-order valence-electron chi connectivity index (χ2n) is 5.80. The topological polar surface area (TPSA) is 162 Å². The van der Waals surface area contributed by atoms with E-state index in [0.717, 1.165) is 0 Å².